The van der Waals surface area contributed by atoms with Gasteiger partial charge in [0.25, 0.3) is 0 Å². The first kappa shape index (κ1) is 6.71. The fraction of sp³-hybridized carbons (Fsp3) is 0.400. The van der Waals surface area contributed by atoms with Crippen LogP contribution in [0.1, 0.15) is 18.9 Å². The average Bonchev–Trinajstić information content (AvgIpc) is 2.46. The van der Waals surface area contributed by atoms with Gasteiger partial charge in [0, 0.05) is 6.42 Å². The Hall–Kier alpha value is -0.980. The Labute approximate surface area is 67.0 Å². The summed E-state index contributed by atoms with van der Waals surface area (Å²) in [6, 6.07) is 8.97. The van der Waals surface area contributed by atoms with Crippen molar-refractivity contribution in [3.63, 3.8) is 0 Å². The summed E-state index contributed by atoms with van der Waals surface area (Å²) in [6.07, 6.45) is 2.55. The maximum absolute atomic E-state index is 5.64. The largest absolute Gasteiger partial charge is 0.490 e. The van der Waals surface area contributed by atoms with Gasteiger partial charge in [-0.15, -0.1) is 0 Å². The van der Waals surface area contributed by atoms with Crippen LogP contribution >= 0.6 is 0 Å². The number of hydrogen-bond donors (Lipinski definition) is 0. The van der Waals surface area contributed by atoms with Crippen LogP contribution in [0, 0.1) is 6.07 Å². The van der Waals surface area contributed by atoms with Crippen LogP contribution in [0.2, 0.25) is 0 Å². The van der Waals surface area contributed by atoms with E-state index in [1.54, 1.807) is 0 Å². The molecule has 1 radical (unpaired) electrons. The minimum atomic E-state index is 0.404. The lowest BCUT2D eigenvalue weighted by atomic mass is 10.1. The van der Waals surface area contributed by atoms with Crippen molar-refractivity contribution in [2.24, 2.45) is 0 Å². The second kappa shape index (κ2) is 2.57. The van der Waals surface area contributed by atoms with Crippen LogP contribution in [0.25, 0.3) is 0 Å². The van der Waals surface area contributed by atoms with E-state index in [-0.39, 0.29) is 0 Å². The van der Waals surface area contributed by atoms with E-state index in [0.29, 0.717) is 6.10 Å². The van der Waals surface area contributed by atoms with Crippen molar-refractivity contribution in [2.75, 3.05) is 0 Å². The Morgan fingerprint density at radius 1 is 1.73 bits per heavy atom. The van der Waals surface area contributed by atoms with Crippen molar-refractivity contribution in [3.8, 4) is 5.75 Å². The third-order valence-electron chi connectivity index (χ3n) is 2.10. The number of hydrogen-bond acceptors (Lipinski definition) is 1. The highest BCUT2D eigenvalue weighted by Gasteiger charge is 2.19. The summed E-state index contributed by atoms with van der Waals surface area (Å²) >= 11 is 0. The molecule has 1 nitrogen and oxygen atoms in total. The minimum absolute atomic E-state index is 0.404. The monoisotopic (exact) mass is 147 g/mol. The van der Waals surface area contributed by atoms with Crippen LogP contribution in [0.4, 0.5) is 0 Å². The first-order chi connectivity index (χ1) is 5.40. The van der Waals surface area contributed by atoms with E-state index >= 15 is 0 Å². The number of rotatable bonds is 1. The summed E-state index contributed by atoms with van der Waals surface area (Å²) in [5.41, 5.74) is 1.30. The third-order valence-corrected chi connectivity index (χ3v) is 2.10. The molecule has 0 bridgehead atoms. The van der Waals surface area contributed by atoms with Gasteiger partial charge in [-0.3, -0.25) is 0 Å². The fourth-order valence-corrected chi connectivity index (χ4v) is 1.42. The van der Waals surface area contributed by atoms with E-state index in [1.807, 2.05) is 18.2 Å². The second-order valence-electron chi connectivity index (χ2n) is 2.89. The number of ether oxygens (including phenoxy) is 1. The van der Waals surface area contributed by atoms with Gasteiger partial charge in [-0.25, -0.2) is 0 Å². The Kier molecular flexibility index (Phi) is 1.57. The van der Waals surface area contributed by atoms with Gasteiger partial charge in [0.2, 0.25) is 0 Å². The zero-order chi connectivity index (χ0) is 7.68. The van der Waals surface area contributed by atoms with Gasteiger partial charge in [0.05, 0.1) is 0 Å². The Morgan fingerprint density at radius 2 is 2.64 bits per heavy atom. The quantitative estimate of drug-likeness (QED) is 0.591. The molecule has 0 spiro atoms. The zero-order valence-corrected chi connectivity index (χ0v) is 6.63. The van der Waals surface area contributed by atoms with Crippen molar-refractivity contribution < 1.29 is 4.74 Å². The van der Waals surface area contributed by atoms with E-state index in [4.69, 9.17) is 4.74 Å². The molecule has 1 atom stereocenters. The molecule has 0 aromatic heterocycles. The Balaban J connectivity index is 2.27. The maximum Gasteiger partial charge on any atom is 0.123 e. The van der Waals surface area contributed by atoms with Crippen molar-refractivity contribution in [2.45, 2.75) is 25.9 Å². The molecule has 2 rings (SSSR count). The van der Waals surface area contributed by atoms with Crippen molar-refractivity contribution in [1.29, 1.82) is 0 Å². The lowest BCUT2D eigenvalue weighted by Gasteiger charge is -2.05. The molecule has 1 aliphatic heterocycles. The van der Waals surface area contributed by atoms with Crippen molar-refractivity contribution >= 4 is 0 Å². The first-order valence-electron chi connectivity index (χ1n) is 4.06. The van der Waals surface area contributed by atoms with E-state index in [1.165, 1.54) is 5.56 Å². The van der Waals surface area contributed by atoms with Crippen molar-refractivity contribution in [3.05, 3.63) is 29.8 Å². The number of fused-ring (bicyclic) bond motifs is 1. The molecule has 1 heteroatoms. The molecular weight excluding hydrogens is 136 g/mol. The molecule has 1 unspecified atom stereocenters. The van der Waals surface area contributed by atoms with Gasteiger partial charge in [0.1, 0.15) is 11.9 Å². The zero-order valence-electron chi connectivity index (χ0n) is 6.63. The molecule has 11 heavy (non-hydrogen) atoms. The molecule has 0 N–H and O–H groups in total. The molecule has 1 aliphatic rings. The van der Waals surface area contributed by atoms with E-state index in [9.17, 15) is 0 Å². The highest BCUT2D eigenvalue weighted by Crippen LogP contribution is 2.28. The Bertz CT molecular complexity index is 230. The van der Waals surface area contributed by atoms with E-state index < -0.39 is 0 Å². The minimum Gasteiger partial charge on any atom is -0.490 e. The van der Waals surface area contributed by atoms with Gasteiger partial charge >= 0.3 is 0 Å². The summed E-state index contributed by atoms with van der Waals surface area (Å²) in [6.45, 7) is 2.15. The van der Waals surface area contributed by atoms with Crippen LogP contribution in [0.15, 0.2) is 18.2 Å². The van der Waals surface area contributed by atoms with Gasteiger partial charge < -0.3 is 4.74 Å². The van der Waals surface area contributed by atoms with Gasteiger partial charge in [-0.1, -0.05) is 13.0 Å². The fourth-order valence-electron chi connectivity index (χ4n) is 1.42. The highest BCUT2D eigenvalue weighted by atomic mass is 16.5. The van der Waals surface area contributed by atoms with Gasteiger partial charge in [-0.05, 0) is 30.2 Å². The normalized spacial score (nSPS) is 21.0. The summed E-state index contributed by atoms with van der Waals surface area (Å²) in [4.78, 5) is 0. The van der Waals surface area contributed by atoms with Crippen LogP contribution in [-0.4, -0.2) is 6.10 Å². The molecule has 0 saturated carbocycles. The SMILES string of the molecule is CCC1Cc2c[c]ccc2O1. The molecule has 0 saturated heterocycles. The molecule has 0 aliphatic carbocycles. The predicted octanol–water partition coefficient (Wildman–Crippen LogP) is 2.20. The molecule has 57 valence electrons. The van der Waals surface area contributed by atoms with E-state index in [2.05, 4.69) is 13.0 Å². The predicted molar refractivity (Wildman–Crippen MR) is 43.7 cm³/mol. The lowest BCUT2D eigenvalue weighted by molar-refractivity contribution is 0.228. The van der Waals surface area contributed by atoms with E-state index in [0.717, 1.165) is 18.6 Å². The maximum atomic E-state index is 5.64. The first-order valence-corrected chi connectivity index (χ1v) is 4.06. The average molecular weight is 147 g/mol. The lowest BCUT2D eigenvalue weighted by Crippen LogP contribution is -2.10. The van der Waals surface area contributed by atoms with Gasteiger partial charge in [-0.2, -0.15) is 0 Å². The van der Waals surface area contributed by atoms with Gasteiger partial charge in [0.15, 0.2) is 0 Å². The van der Waals surface area contributed by atoms with Crippen LogP contribution < -0.4 is 4.74 Å². The highest BCUT2D eigenvalue weighted by molar-refractivity contribution is 5.36. The molecule has 1 heterocycles. The second-order valence-corrected chi connectivity index (χ2v) is 2.89. The van der Waals surface area contributed by atoms with Crippen molar-refractivity contribution in [1.82, 2.24) is 0 Å². The van der Waals surface area contributed by atoms with Crippen LogP contribution in [-0.2, 0) is 6.42 Å². The summed E-state index contributed by atoms with van der Waals surface area (Å²) in [5, 5.41) is 0. The molecule has 1 aromatic carbocycles. The standard InChI is InChI=1S/C10H11O/c1-2-9-7-8-5-3-4-6-10(8)11-9/h4-6,9H,2,7H2,1H3. The summed E-state index contributed by atoms with van der Waals surface area (Å²) in [5.74, 6) is 1.05. The summed E-state index contributed by atoms with van der Waals surface area (Å²) < 4.78 is 5.64. The van der Waals surface area contributed by atoms with Crippen LogP contribution in [0.3, 0.4) is 0 Å². The summed E-state index contributed by atoms with van der Waals surface area (Å²) in [7, 11) is 0. The molecule has 0 amide bonds. The Morgan fingerprint density at radius 3 is 3.36 bits per heavy atom. The third kappa shape index (κ3) is 1.11. The smallest absolute Gasteiger partial charge is 0.123 e. The van der Waals surface area contributed by atoms with Crippen LogP contribution in [0.5, 0.6) is 5.75 Å². The molecule has 1 aromatic rings. The molecular formula is C10H11O. The molecule has 0 fully saturated rings. The number of benzene rings is 1. The topological polar surface area (TPSA) is 9.23 Å².